The second-order valence-corrected chi connectivity index (χ2v) is 7.22. The molecule has 0 radical (unpaired) electrons. The molecule has 0 fully saturated rings. The summed E-state index contributed by atoms with van der Waals surface area (Å²) in [6.45, 7) is 0.609. The SMILES string of the molecule is N=C(CC=NCc1cc(Cl)ccc1OCc1ccccc1)C(=O)Nc1c(F)cccc1F. The third-order valence-electron chi connectivity index (χ3n) is 4.42. The summed E-state index contributed by atoms with van der Waals surface area (Å²) in [6.07, 6.45) is 1.28. The maximum absolute atomic E-state index is 13.6. The van der Waals surface area contributed by atoms with E-state index in [4.69, 9.17) is 21.7 Å². The quantitative estimate of drug-likeness (QED) is 0.399. The van der Waals surface area contributed by atoms with Gasteiger partial charge >= 0.3 is 0 Å². The lowest BCUT2D eigenvalue weighted by molar-refractivity contribution is -0.110. The number of aliphatic imine (C=N–C) groups is 1. The molecule has 0 atom stereocenters. The van der Waals surface area contributed by atoms with Crippen LogP contribution in [0.5, 0.6) is 5.75 Å². The van der Waals surface area contributed by atoms with E-state index in [2.05, 4.69) is 10.3 Å². The van der Waals surface area contributed by atoms with Crippen LogP contribution in [0, 0.1) is 17.0 Å². The summed E-state index contributed by atoms with van der Waals surface area (Å²) < 4.78 is 33.1. The maximum atomic E-state index is 13.6. The minimum Gasteiger partial charge on any atom is -0.489 e. The zero-order valence-electron chi connectivity index (χ0n) is 16.9. The van der Waals surface area contributed by atoms with Gasteiger partial charge in [0, 0.05) is 23.2 Å². The average Bonchev–Trinajstić information content (AvgIpc) is 2.79. The van der Waals surface area contributed by atoms with Gasteiger partial charge in [0.1, 0.15) is 35.4 Å². The molecule has 1 amide bonds. The van der Waals surface area contributed by atoms with Crippen molar-refractivity contribution < 1.29 is 18.3 Å². The first-order valence-corrected chi connectivity index (χ1v) is 10.1. The topological polar surface area (TPSA) is 74.5 Å². The van der Waals surface area contributed by atoms with Crippen LogP contribution in [-0.4, -0.2) is 17.8 Å². The highest BCUT2D eigenvalue weighted by Gasteiger charge is 2.14. The van der Waals surface area contributed by atoms with Gasteiger partial charge in [0.05, 0.1) is 6.54 Å². The van der Waals surface area contributed by atoms with E-state index >= 15 is 0 Å². The molecule has 8 heteroatoms. The fourth-order valence-electron chi connectivity index (χ4n) is 2.77. The van der Waals surface area contributed by atoms with Crippen LogP contribution >= 0.6 is 11.6 Å². The molecule has 0 aromatic heterocycles. The predicted octanol–water partition coefficient (Wildman–Crippen LogP) is 5.82. The normalized spacial score (nSPS) is 10.8. The van der Waals surface area contributed by atoms with Crippen LogP contribution in [0.25, 0.3) is 0 Å². The van der Waals surface area contributed by atoms with Gasteiger partial charge in [0.15, 0.2) is 0 Å². The molecule has 0 saturated heterocycles. The van der Waals surface area contributed by atoms with Crippen molar-refractivity contribution in [2.45, 2.75) is 19.6 Å². The Bertz CT molecular complexity index is 1120. The number of benzene rings is 3. The van der Waals surface area contributed by atoms with Crippen LogP contribution in [0.15, 0.2) is 71.7 Å². The zero-order chi connectivity index (χ0) is 22.9. The summed E-state index contributed by atoms with van der Waals surface area (Å²) in [4.78, 5) is 16.3. The van der Waals surface area contributed by atoms with Crippen molar-refractivity contribution >= 4 is 35.1 Å². The first-order valence-electron chi connectivity index (χ1n) is 9.70. The standard InChI is InChI=1S/C24H20ClF2N3O2/c25-18-9-10-22(32-15-16-5-2-1-3-6-16)17(13-18)14-29-12-11-21(28)24(31)30-23-19(26)7-4-8-20(23)27/h1-10,12-13,28H,11,14-15H2,(H,30,31). The Morgan fingerprint density at radius 3 is 2.50 bits per heavy atom. The molecule has 164 valence electrons. The van der Waals surface area contributed by atoms with Crippen LogP contribution in [0.2, 0.25) is 5.02 Å². The van der Waals surface area contributed by atoms with Gasteiger partial charge in [-0.25, -0.2) is 8.78 Å². The van der Waals surface area contributed by atoms with Crippen molar-refractivity contribution in [3.8, 4) is 5.75 Å². The lowest BCUT2D eigenvalue weighted by Gasteiger charge is -2.11. The smallest absolute Gasteiger partial charge is 0.269 e. The highest BCUT2D eigenvalue weighted by molar-refractivity contribution is 6.43. The second kappa shape index (κ2) is 11.2. The van der Waals surface area contributed by atoms with Crippen molar-refractivity contribution in [1.29, 1.82) is 5.41 Å². The molecule has 0 saturated carbocycles. The number of nitrogens with zero attached hydrogens (tertiary/aromatic N) is 1. The number of hydrogen-bond acceptors (Lipinski definition) is 4. The monoisotopic (exact) mass is 455 g/mol. The van der Waals surface area contributed by atoms with Gasteiger partial charge in [0.2, 0.25) is 0 Å². The van der Waals surface area contributed by atoms with Crippen LogP contribution in [-0.2, 0) is 17.9 Å². The Kier molecular flexibility index (Phi) is 8.05. The Morgan fingerprint density at radius 1 is 1.06 bits per heavy atom. The van der Waals surface area contributed by atoms with Crippen LogP contribution < -0.4 is 10.1 Å². The number of carbonyl (C=O) groups is 1. The van der Waals surface area contributed by atoms with E-state index in [1.165, 1.54) is 12.3 Å². The lowest BCUT2D eigenvalue weighted by Crippen LogP contribution is -2.23. The van der Waals surface area contributed by atoms with Crippen molar-refractivity contribution in [3.63, 3.8) is 0 Å². The van der Waals surface area contributed by atoms with Gasteiger partial charge in [-0.3, -0.25) is 15.2 Å². The van der Waals surface area contributed by atoms with Crippen molar-refractivity contribution in [2.75, 3.05) is 5.32 Å². The van der Waals surface area contributed by atoms with Crippen LogP contribution in [0.4, 0.5) is 14.5 Å². The van der Waals surface area contributed by atoms with Crippen molar-refractivity contribution in [1.82, 2.24) is 0 Å². The Balaban J connectivity index is 1.56. The Morgan fingerprint density at radius 2 is 1.78 bits per heavy atom. The van der Waals surface area contributed by atoms with Gasteiger partial charge in [0.25, 0.3) is 5.91 Å². The highest BCUT2D eigenvalue weighted by atomic mass is 35.5. The number of carbonyl (C=O) groups excluding carboxylic acids is 1. The van der Waals surface area contributed by atoms with E-state index in [1.807, 2.05) is 30.3 Å². The van der Waals surface area contributed by atoms with Crippen molar-refractivity contribution in [2.24, 2.45) is 4.99 Å². The molecule has 3 aromatic rings. The van der Waals surface area contributed by atoms with Gasteiger partial charge < -0.3 is 10.1 Å². The summed E-state index contributed by atoms with van der Waals surface area (Å²) in [6, 6.07) is 18.1. The fourth-order valence-corrected chi connectivity index (χ4v) is 2.96. The van der Waals surface area contributed by atoms with E-state index in [0.29, 0.717) is 17.4 Å². The number of amides is 1. The first kappa shape index (κ1) is 23.1. The first-order chi connectivity index (χ1) is 15.4. The summed E-state index contributed by atoms with van der Waals surface area (Å²) in [5.74, 6) is -2.11. The van der Waals surface area contributed by atoms with E-state index < -0.39 is 23.2 Å². The van der Waals surface area contributed by atoms with E-state index in [1.54, 1.807) is 18.2 Å². The van der Waals surface area contributed by atoms with Crippen LogP contribution in [0.3, 0.4) is 0 Å². The number of ether oxygens (including phenoxy) is 1. The molecule has 0 aliphatic carbocycles. The third kappa shape index (κ3) is 6.46. The summed E-state index contributed by atoms with van der Waals surface area (Å²) >= 11 is 6.09. The average molecular weight is 456 g/mol. The largest absolute Gasteiger partial charge is 0.489 e. The lowest BCUT2D eigenvalue weighted by atomic mass is 10.2. The molecule has 0 spiro atoms. The molecule has 0 heterocycles. The highest BCUT2D eigenvalue weighted by Crippen LogP contribution is 2.25. The van der Waals surface area contributed by atoms with Gasteiger partial charge in [-0.15, -0.1) is 0 Å². The molecular formula is C24H20ClF2N3O2. The molecule has 0 aliphatic rings. The number of nitrogens with one attached hydrogen (secondary N) is 2. The van der Waals surface area contributed by atoms with Gasteiger partial charge in [-0.1, -0.05) is 48.0 Å². The number of para-hydroxylation sites is 1. The summed E-state index contributed by atoms with van der Waals surface area (Å²) in [7, 11) is 0. The van der Waals surface area contributed by atoms with Gasteiger partial charge in [-0.2, -0.15) is 0 Å². The van der Waals surface area contributed by atoms with Crippen LogP contribution in [0.1, 0.15) is 17.5 Å². The second-order valence-electron chi connectivity index (χ2n) is 6.78. The van der Waals surface area contributed by atoms with Gasteiger partial charge in [-0.05, 0) is 35.9 Å². The Labute approximate surface area is 189 Å². The molecule has 0 unspecified atom stereocenters. The van der Waals surface area contributed by atoms with E-state index in [9.17, 15) is 13.6 Å². The molecule has 2 N–H and O–H groups in total. The zero-order valence-corrected chi connectivity index (χ0v) is 17.7. The summed E-state index contributed by atoms with van der Waals surface area (Å²) in [5.41, 5.74) is 0.790. The number of halogens is 3. The molecule has 0 aliphatic heterocycles. The number of hydrogen-bond donors (Lipinski definition) is 2. The minimum absolute atomic E-state index is 0.108. The number of rotatable bonds is 9. The molecule has 3 aromatic carbocycles. The predicted molar refractivity (Wildman–Crippen MR) is 122 cm³/mol. The molecule has 5 nitrogen and oxygen atoms in total. The van der Waals surface area contributed by atoms with Crippen molar-refractivity contribution in [3.05, 3.63) is 94.5 Å². The molecule has 32 heavy (non-hydrogen) atoms. The van der Waals surface area contributed by atoms with E-state index in [-0.39, 0.29) is 18.7 Å². The third-order valence-corrected chi connectivity index (χ3v) is 4.66. The molecule has 0 bridgehead atoms. The molecular weight excluding hydrogens is 436 g/mol. The molecule has 3 rings (SSSR count). The fraction of sp³-hybridized carbons (Fsp3) is 0.125. The number of anilines is 1. The maximum Gasteiger partial charge on any atom is 0.269 e. The Hall–Kier alpha value is -3.58. The minimum atomic E-state index is -0.913. The summed E-state index contributed by atoms with van der Waals surface area (Å²) in [5, 5.41) is 10.4. The van der Waals surface area contributed by atoms with E-state index in [0.717, 1.165) is 23.3 Å².